The van der Waals surface area contributed by atoms with E-state index >= 15 is 0 Å². The normalized spacial score (nSPS) is 10.9. The van der Waals surface area contributed by atoms with Crippen LogP contribution >= 0.6 is 0 Å². The van der Waals surface area contributed by atoms with Crippen molar-refractivity contribution in [2.45, 2.75) is 33.4 Å². The zero-order chi connectivity index (χ0) is 13.4. The maximum absolute atomic E-state index is 4.49. The Morgan fingerprint density at radius 3 is 2.78 bits per heavy atom. The molecule has 0 bridgehead atoms. The van der Waals surface area contributed by atoms with Gasteiger partial charge >= 0.3 is 0 Å². The van der Waals surface area contributed by atoms with Gasteiger partial charge in [-0.2, -0.15) is 0 Å². The van der Waals surface area contributed by atoms with Gasteiger partial charge in [0.2, 0.25) is 0 Å². The molecule has 0 atom stereocenters. The van der Waals surface area contributed by atoms with Crippen LogP contribution in [0.15, 0.2) is 30.5 Å². The third kappa shape index (κ3) is 5.94. The van der Waals surface area contributed by atoms with Crippen LogP contribution < -0.4 is 5.32 Å². The van der Waals surface area contributed by atoms with Crippen LogP contribution in [0.1, 0.15) is 31.5 Å². The molecule has 18 heavy (non-hydrogen) atoms. The molecule has 0 unspecified atom stereocenters. The van der Waals surface area contributed by atoms with Gasteiger partial charge in [0.25, 0.3) is 0 Å². The van der Waals surface area contributed by atoms with E-state index in [1.165, 1.54) is 11.1 Å². The minimum absolute atomic E-state index is 0.871. The molecule has 0 spiro atoms. The molecule has 1 rings (SSSR count). The van der Waals surface area contributed by atoms with E-state index in [-0.39, 0.29) is 0 Å². The molecule has 1 N–H and O–H groups in total. The summed E-state index contributed by atoms with van der Waals surface area (Å²) in [5.41, 5.74) is 3.53. The van der Waals surface area contributed by atoms with Gasteiger partial charge < -0.3 is 5.32 Å². The molecule has 1 aromatic heterocycles. The highest BCUT2D eigenvalue weighted by Crippen LogP contribution is 2.04. The Labute approximate surface area is 111 Å². The number of nitrogens with one attached hydrogen (secondary N) is 1. The molecule has 0 radical (unpaired) electrons. The monoisotopic (exact) mass is 247 g/mol. The van der Waals surface area contributed by atoms with E-state index in [4.69, 9.17) is 0 Å². The number of rotatable bonds is 8. The molecule has 3 heteroatoms. The second kappa shape index (κ2) is 8.01. The number of hydrogen-bond donors (Lipinski definition) is 1. The van der Waals surface area contributed by atoms with E-state index in [0.29, 0.717) is 0 Å². The van der Waals surface area contributed by atoms with Crippen molar-refractivity contribution >= 4 is 0 Å². The lowest BCUT2D eigenvalue weighted by atomic mass is 10.2. The predicted octanol–water partition coefficient (Wildman–Crippen LogP) is 2.59. The van der Waals surface area contributed by atoms with E-state index in [1.807, 2.05) is 13.1 Å². The molecular formula is C15H25N3. The quantitative estimate of drug-likeness (QED) is 0.565. The van der Waals surface area contributed by atoms with Crippen molar-refractivity contribution in [1.29, 1.82) is 0 Å². The second-order valence-corrected chi connectivity index (χ2v) is 4.96. The number of hydrogen-bond acceptors (Lipinski definition) is 3. The van der Waals surface area contributed by atoms with Crippen molar-refractivity contribution in [3.8, 4) is 0 Å². The van der Waals surface area contributed by atoms with Gasteiger partial charge in [0, 0.05) is 25.8 Å². The third-order valence-corrected chi connectivity index (χ3v) is 2.61. The predicted molar refractivity (Wildman–Crippen MR) is 77.4 cm³/mol. The van der Waals surface area contributed by atoms with Crippen LogP contribution in [-0.2, 0) is 13.1 Å². The molecule has 0 aliphatic rings. The van der Waals surface area contributed by atoms with Crippen molar-refractivity contribution in [3.05, 3.63) is 41.7 Å². The number of pyridine rings is 1. The number of likely N-dealkylation sites (N-methyl/N-ethyl adjacent to an activating group) is 1. The van der Waals surface area contributed by atoms with Crippen LogP contribution in [0.3, 0.4) is 0 Å². The minimum atomic E-state index is 0.871. The molecule has 3 nitrogen and oxygen atoms in total. The van der Waals surface area contributed by atoms with Crippen molar-refractivity contribution < 1.29 is 0 Å². The topological polar surface area (TPSA) is 28.2 Å². The number of aromatic nitrogens is 1. The highest BCUT2D eigenvalue weighted by molar-refractivity contribution is 5.14. The minimum Gasteiger partial charge on any atom is -0.313 e. The summed E-state index contributed by atoms with van der Waals surface area (Å²) in [6.45, 7) is 11.9. The summed E-state index contributed by atoms with van der Waals surface area (Å²) in [5, 5.41) is 3.38. The summed E-state index contributed by atoms with van der Waals surface area (Å²) in [7, 11) is 2.09. The van der Waals surface area contributed by atoms with Crippen molar-refractivity contribution in [2.24, 2.45) is 0 Å². The first-order valence-electron chi connectivity index (χ1n) is 6.59. The lowest BCUT2D eigenvalue weighted by molar-refractivity contribution is 0.351. The van der Waals surface area contributed by atoms with E-state index in [9.17, 15) is 0 Å². The molecule has 0 fully saturated rings. The summed E-state index contributed by atoms with van der Waals surface area (Å²) in [6, 6.07) is 4.26. The van der Waals surface area contributed by atoms with Gasteiger partial charge in [-0.15, -0.1) is 0 Å². The van der Waals surface area contributed by atoms with Crippen LogP contribution in [0.4, 0.5) is 0 Å². The molecule has 1 heterocycles. The molecule has 0 aromatic carbocycles. The van der Waals surface area contributed by atoms with Crippen LogP contribution in [0.5, 0.6) is 0 Å². The van der Waals surface area contributed by atoms with E-state index in [0.717, 1.165) is 38.3 Å². The van der Waals surface area contributed by atoms with E-state index < -0.39 is 0 Å². The summed E-state index contributed by atoms with van der Waals surface area (Å²) in [4.78, 5) is 6.72. The summed E-state index contributed by atoms with van der Waals surface area (Å²) in [6.07, 6.45) is 3.13. The zero-order valence-corrected chi connectivity index (χ0v) is 11.9. The van der Waals surface area contributed by atoms with Gasteiger partial charge in [-0.05, 0) is 38.6 Å². The lowest BCUT2D eigenvalue weighted by Gasteiger charge is -2.16. The van der Waals surface area contributed by atoms with Gasteiger partial charge in [0.15, 0.2) is 0 Å². The maximum atomic E-state index is 4.49. The van der Waals surface area contributed by atoms with Crippen molar-refractivity contribution in [2.75, 3.05) is 20.1 Å². The first kappa shape index (κ1) is 14.9. The highest BCUT2D eigenvalue weighted by Gasteiger charge is 2.01. The summed E-state index contributed by atoms with van der Waals surface area (Å²) in [5.74, 6) is 0. The Hall–Kier alpha value is -1.19. The Morgan fingerprint density at radius 1 is 1.44 bits per heavy atom. The first-order valence-corrected chi connectivity index (χ1v) is 6.59. The van der Waals surface area contributed by atoms with Gasteiger partial charge in [-0.3, -0.25) is 9.88 Å². The number of nitrogens with zero attached hydrogens (tertiary/aromatic N) is 2. The summed E-state index contributed by atoms with van der Waals surface area (Å²) < 4.78 is 0. The third-order valence-electron chi connectivity index (χ3n) is 2.61. The summed E-state index contributed by atoms with van der Waals surface area (Å²) >= 11 is 0. The fourth-order valence-corrected chi connectivity index (χ4v) is 1.86. The molecule has 0 aliphatic carbocycles. The zero-order valence-electron chi connectivity index (χ0n) is 11.9. The van der Waals surface area contributed by atoms with Crippen LogP contribution in [0.2, 0.25) is 0 Å². The SMILES string of the molecule is C=C(C)CN(C)Cc1ccc(CNCCC)cn1. The Kier molecular flexibility index (Phi) is 6.61. The van der Waals surface area contributed by atoms with Gasteiger partial charge in [0.1, 0.15) is 0 Å². The van der Waals surface area contributed by atoms with Crippen molar-refractivity contribution in [1.82, 2.24) is 15.2 Å². The largest absolute Gasteiger partial charge is 0.313 e. The van der Waals surface area contributed by atoms with Gasteiger partial charge in [-0.1, -0.05) is 25.1 Å². The molecule has 100 valence electrons. The smallest absolute Gasteiger partial charge is 0.0544 e. The Balaban J connectivity index is 2.42. The standard InChI is InChI=1S/C15H25N3/c1-5-8-16-9-14-6-7-15(17-10-14)12-18(4)11-13(2)3/h6-7,10,16H,2,5,8-9,11-12H2,1,3-4H3. The van der Waals surface area contributed by atoms with Crippen LogP contribution in [-0.4, -0.2) is 30.0 Å². The fourth-order valence-electron chi connectivity index (χ4n) is 1.86. The van der Waals surface area contributed by atoms with Crippen molar-refractivity contribution in [3.63, 3.8) is 0 Å². The average Bonchev–Trinajstić information content (AvgIpc) is 2.30. The highest BCUT2D eigenvalue weighted by atomic mass is 15.1. The Bertz CT molecular complexity index is 357. The molecule has 0 saturated carbocycles. The Morgan fingerprint density at radius 2 is 2.22 bits per heavy atom. The average molecular weight is 247 g/mol. The lowest BCUT2D eigenvalue weighted by Crippen LogP contribution is -2.20. The molecule has 1 aromatic rings. The molecule has 0 amide bonds. The second-order valence-electron chi connectivity index (χ2n) is 4.96. The first-order chi connectivity index (χ1) is 8.61. The maximum Gasteiger partial charge on any atom is 0.0544 e. The fraction of sp³-hybridized carbons (Fsp3) is 0.533. The van der Waals surface area contributed by atoms with Crippen LogP contribution in [0.25, 0.3) is 0 Å². The molecular weight excluding hydrogens is 222 g/mol. The van der Waals surface area contributed by atoms with Gasteiger partial charge in [-0.25, -0.2) is 0 Å². The molecule has 0 aliphatic heterocycles. The molecule has 0 saturated heterocycles. The van der Waals surface area contributed by atoms with E-state index in [1.54, 1.807) is 0 Å². The van der Waals surface area contributed by atoms with Gasteiger partial charge in [0.05, 0.1) is 5.69 Å². The van der Waals surface area contributed by atoms with Crippen LogP contribution in [0, 0.1) is 0 Å². The van der Waals surface area contributed by atoms with E-state index in [2.05, 4.69) is 47.9 Å².